The van der Waals surface area contributed by atoms with Gasteiger partial charge < -0.3 is 11.1 Å². The Kier molecular flexibility index (Phi) is 4.13. The summed E-state index contributed by atoms with van der Waals surface area (Å²) in [5, 5.41) is 2.83. The van der Waals surface area contributed by atoms with Gasteiger partial charge in [0.1, 0.15) is 0 Å². The van der Waals surface area contributed by atoms with Gasteiger partial charge in [-0.3, -0.25) is 0 Å². The maximum Gasteiger partial charge on any atom is 0.265 e. The molecule has 0 bridgehead atoms. The molecule has 0 aliphatic heterocycles. The van der Waals surface area contributed by atoms with Gasteiger partial charge in [-0.25, -0.2) is 17.2 Å². The van der Waals surface area contributed by atoms with Crippen LogP contribution in [-0.2, 0) is 9.84 Å². The minimum atomic E-state index is -3.28. The first-order valence-electron chi connectivity index (χ1n) is 6.02. The minimum Gasteiger partial charge on any atom is -0.399 e. The van der Waals surface area contributed by atoms with Crippen molar-refractivity contribution < 1.29 is 17.2 Å². The molecule has 0 spiro atoms. The number of nitrogens with two attached hydrogens (primary N) is 1. The lowest BCUT2D eigenvalue weighted by Gasteiger charge is -2.12. The summed E-state index contributed by atoms with van der Waals surface area (Å²) in [5.41, 5.74) is 6.28. The van der Waals surface area contributed by atoms with E-state index in [-0.39, 0.29) is 21.8 Å². The normalized spacial score (nSPS) is 11.6. The van der Waals surface area contributed by atoms with Crippen molar-refractivity contribution in [2.24, 2.45) is 0 Å². The van der Waals surface area contributed by atoms with E-state index < -0.39 is 16.3 Å². The Morgan fingerprint density at radius 2 is 1.71 bits per heavy atom. The summed E-state index contributed by atoms with van der Waals surface area (Å²) in [7, 11) is -3.28. The topological polar surface area (TPSA) is 72.2 Å². The maximum atomic E-state index is 13.0. The molecule has 3 N–H and O–H groups in total. The van der Waals surface area contributed by atoms with Gasteiger partial charge in [0.15, 0.2) is 9.84 Å². The van der Waals surface area contributed by atoms with Gasteiger partial charge in [0, 0.05) is 28.9 Å². The predicted octanol–water partition coefficient (Wildman–Crippen LogP) is 3.35. The van der Waals surface area contributed by atoms with E-state index in [1.54, 1.807) is 0 Å². The fourth-order valence-electron chi connectivity index (χ4n) is 1.82. The van der Waals surface area contributed by atoms with Crippen LogP contribution < -0.4 is 11.1 Å². The van der Waals surface area contributed by atoms with Crippen molar-refractivity contribution in [2.45, 2.75) is 11.3 Å². The maximum absolute atomic E-state index is 13.0. The van der Waals surface area contributed by atoms with Crippen molar-refractivity contribution >= 4 is 26.9 Å². The predicted molar refractivity (Wildman–Crippen MR) is 78.6 cm³/mol. The van der Waals surface area contributed by atoms with Crippen molar-refractivity contribution in [1.29, 1.82) is 0 Å². The van der Waals surface area contributed by atoms with Gasteiger partial charge in [-0.2, -0.15) is 0 Å². The highest BCUT2D eigenvalue weighted by atomic mass is 32.2. The van der Waals surface area contributed by atoms with Crippen molar-refractivity contribution in [3.05, 3.63) is 48.0 Å². The Morgan fingerprint density at radius 3 is 2.24 bits per heavy atom. The molecule has 0 unspecified atom stereocenters. The number of nitrogens with one attached hydrogen (secondary N) is 1. The largest absolute Gasteiger partial charge is 0.399 e. The first kappa shape index (κ1) is 15.2. The zero-order valence-corrected chi connectivity index (χ0v) is 12.0. The molecule has 7 heteroatoms. The molecule has 0 saturated carbocycles. The number of halogens is 2. The zero-order chi connectivity index (χ0) is 15.6. The number of alkyl halides is 2. The highest BCUT2D eigenvalue weighted by Gasteiger charge is 2.14. The lowest BCUT2D eigenvalue weighted by atomic mass is 10.1. The molecule has 0 radical (unpaired) electrons. The van der Waals surface area contributed by atoms with Crippen molar-refractivity contribution in [3.8, 4) is 0 Å². The molecule has 0 atom stereocenters. The van der Waals surface area contributed by atoms with E-state index in [0.717, 1.165) is 6.26 Å². The van der Waals surface area contributed by atoms with Gasteiger partial charge in [-0.05, 0) is 42.5 Å². The molecular formula is C14H14F2N2O2S. The van der Waals surface area contributed by atoms with E-state index in [9.17, 15) is 17.2 Å². The Morgan fingerprint density at radius 1 is 1.10 bits per heavy atom. The molecule has 2 aromatic carbocycles. The standard InChI is InChI=1S/C14H14F2N2O2S/c1-21(19,20)11-5-3-10(4-6-11)18-13-7-2-9(17)8-12(13)14(15)16/h2-8,14,18H,17H2,1H3. The molecule has 0 aliphatic rings. The molecule has 0 fully saturated rings. The molecule has 0 aliphatic carbocycles. The second-order valence-electron chi connectivity index (χ2n) is 4.57. The molecule has 2 aromatic rings. The smallest absolute Gasteiger partial charge is 0.265 e. The first-order chi connectivity index (χ1) is 9.77. The van der Waals surface area contributed by atoms with Gasteiger partial charge >= 0.3 is 0 Å². The van der Waals surface area contributed by atoms with Crippen LogP contribution in [0.5, 0.6) is 0 Å². The summed E-state index contributed by atoms with van der Waals surface area (Å²) in [4.78, 5) is 0.166. The third kappa shape index (κ3) is 3.69. The highest BCUT2D eigenvalue weighted by Crippen LogP contribution is 2.31. The Balaban J connectivity index is 2.30. The lowest BCUT2D eigenvalue weighted by Crippen LogP contribution is -2.00. The van der Waals surface area contributed by atoms with Crippen LogP contribution in [-0.4, -0.2) is 14.7 Å². The molecular weight excluding hydrogens is 298 g/mol. The highest BCUT2D eigenvalue weighted by molar-refractivity contribution is 7.90. The SMILES string of the molecule is CS(=O)(=O)c1ccc(Nc2ccc(N)cc2C(F)F)cc1. The van der Waals surface area contributed by atoms with Crippen LogP contribution >= 0.6 is 0 Å². The molecule has 21 heavy (non-hydrogen) atoms. The minimum absolute atomic E-state index is 0.166. The van der Waals surface area contributed by atoms with Crippen LogP contribution in [0.4, 0.5) is 25.8 Å². The summed E-state index contributed by atoms with van der Waals surface area (Å²) in [5.74, 6) is 0. The third-order valence-electron chi connectivity index (χ3n) is 2.87. The molecule has 0 amide bonds. The van der Waals surface area contributed by atoms with Crippen LogP contribution in [0, 0.1) is 0 Å². The number of rotatable bonds is 4. The lowest BCUT2D eigenvalue weighted by molar-refractivity contribution is 0.152. The van der Waals surface area contributed by atoms with Crippen LogP contribution in [0.1, 0.15) is 12.0 Å². The van der Waals surface area contributed by atoms with Crippen molar-refractivity contribution in [1.82, 2.24) is 0 Å². The number of anilines is 3. The Labute approximate surface area is 121 Å². The van der Waals surface area contributed by atoms with Gasteiger partial charge in [0.25, 0.3) is 6.43 Å². The van der Waals surface area contributed by atoms with Gasteiger partial charge in [-0.1, -0.05) is 0 Å². The molecule has 0 heterocycles. The quantitative estimate of drug-likeness (QED) is 0.849. The first-order valence-corrected chi connectivity index (χ1v) is 7.91. The van der Waals surface area contributed by atoms with Crippen molar-refractivity contribution in [2.75, 3.05) is 17.3 Å². The van der Waals surface area contributed by atoms with Crippen LogP contribution in [0.2, 0.25) is 0 Å². The van der Waals surface area contributed by atoms with Gasteiger partial charge in [-0.15, -0.1) is 0 Å². The molecule has 4 nitrogen and oxygen atoms in total. The second kappa shape index (κ2) is 5.69. The summed E-state index contributed by atoms with van der Waals surface area (Å²) in [6.07, 6.45) is -1.56. The molecule has 0 saturated heterocycles. The fourth-order valence-corrected chi connectivity index (χ4v) is 2.45. The van der Waals surface area contributed by atoms with Gasteiger partial charge in [0.05, 0.1) is 4.90 Å². The molecule has 2 rings (SSSR count). The number of hydrogen-bond donors (Lipinski definition) is 2. The van der Waals surface area contributed by atoms with E-state index in [1.165, 1.54) is 42.5 Å². The molecule has 0 aromatic heterocycles. The van der Waals surface area contributed by atoms with Crippen LogP contribution in [0.3, 0.4) is 0 Å². The second-order valence-corrected chi connectivity index (χ2v) is 6.58. The van der Waals surface area contributed by atoms with Crippen molar-refractivity contribution in [3.63, 3.8) is 0 Å². The Hall–Kier alpha value is -2.15. The van der Waals surface area contributed by atoms with Gasteiger partial charge in [0.2, 0.25) is 0 Å². The van der Waals surface area contributed by atoms with E-state index >= 15 is 0 Å². The number of hydrogen-bond acceptors (Lipinski definition) is 4. The van der Waals surface area contributed by atoms with Crippen LogP contribution in [0.15, 0.2) is 47.4 Å². The summed E-state index contributed by atoms with van der Waals surface area (Å²) < 4.78 is 48.6. The van der Waals surface area contributed by atoms with E-state index in [0.29, 0.717) is 5.69 Å². The average molecular weight is 312 g/mol. The van der Waals surface area contributed by atoms with Crippen LogP contribution in [0.25, 0.3) is 0 Å². The number of sulfone groups is 1. The monoisotopic (exact) mass is 312 g/mol. The molecule has 112 valence electrons. The third-order valence-corrected chi connectivity index (χ3v) is 4.00. The number of benzene rings is 2. The number of nitrogen functional groups attached to an aromatic ring is 1. The summed E-state index contributed by atoms with van der Waals surface area (Å²) in [6, 6.07) is 10.0. The summed E-state index contributed by atoms with van der Waals surface area (Å²) in [6.45, 7) is 0. The Bertz CT molecular complexity index is 744. The van der Waals surface area contributed by atoms with E-state index in [1.807, 2.05) is 0 Å². The summed E-state index contributed by atoms with van der Waals surface area (Å²) >= 11 is 0. The van der Waals surface area contributed by atoms with E-state index in [4.69, 9.17) is 5.73 Å². The zero-order valence-electron chi connectivity index (χ0n) is 11.2. The average Bonchev–Trinajstić information content (AvgIpc) is 2.40. The fraction of sp³-hybridized carbons (Fsp3) is 0.143. The van der Waals surface area contributed by atoms with E-state index in [2.05, 4.69) is 5.32 Å².